The second-order valence-electron chi connectivity index (χ2n) is 6.64. The third-order valence-corrected chi connectivity index (χ3v) is 4.37. The van der Waals surface area contributed by atoms with Gasteiger partial charge in [-0.05, 0) is 51.8 Å². The Morgan fingerprint density at radius 3 is 2.54 bits per heavy atom. The number of unbranched alkanes of at least 4 members (excludes halogenated alkanes) is 1. The van der Waals surface area contributed by atoms with E-state index in [0.29, 0.717) is 35.9 Å². The van der Waals surface area contributed by atoms with E-state index < -0.39 is 0 Å². The van der Waals surface area contributed by atoms with Gasteiger partial charge in [0, 0.05) is 5.56 Å². The van der Waals surface area contributed by atoms with Gasteiger partial charge in [0.1, 0.15) is 25.3 Å². The highest BCUT2D eigenvalue weighted by Gasteiger charge is 2.24. The SMILES string of the molecule is COc1cc(C(C)=O)ccc1OCCCC[NH+]1C[C@H](C)O[C@@H](C)C1. The van der Waals surface area contributed by atoms with Gasteiger partial charge in [-0.25, -0.2) is 0 Å². The van der Waals surface area contributed by atoms with Crippen molar-refractivity contribution in [1.82, 2.24) is 0 Å². The number of ketones is 1. The number of quaternary nitrogens is 1. The zero-order chi connectivity index (χ0) is 17.5. The third-order valence-electron chi connectivity index (χ3n) is 4.37. The standard InChI is InChI=1S/C19H29NO4/c1-14-12-20(13-15(2)24-14)9-5-6-10-23-18-8-7-17(16(3)21)11-19(18)22-4/h7-8,11,14-15H,5-6,9-10,12-13H2,1-4H3/p+1/t14-,15-/m0/s1. The van der Waals surface area contributed by atoms with Crippen molar-refractivity contribution in [3.63, 3.8) is 0 Å². The maximum absolute atomic E-state index is 11.4. The third kappa shape index (κ3) is 5.49. The normalized spacial score (nSPS) is 23.8. The molecule has 0 aliphatic carbocycles. The van der Waals surface area contributed by atoms with Crippen LogP contribution in [0.25, 0.3) is 0 Å². The number of rotatable bonds is 8. The van der Waals surface area contributed by atoms with Gasteiger partial charge in [-0.15, -0.1) is 0 Å². The molecule has 0 spiro atoms. The number of carbonyl (C=O) groups excluding carboxylic acids is 1. The summed E-state index contributed by atoms with van der Waals surface area (Å²) in [6.45, 7) is 9.83. The van der Waals surface area contributed by atoms with Crippen LogP contribution >= 0.6 is 0 Å². The Labute approximate surface area is 144 Å². The molecule has 0 amide bonds. The van der Waals surface area contributed by atoms with Crippen molar-refractivity contribution in [3.05, 3.63) is 23.8 Å². The van der Waals surface area contributed by atoms with Crippen LogP contribution in [0.1, 0.15) is 44.0 Å². The zero-order valence-corrected chi connectivity index (χ0v) is 15.3. The van der Waals surface area contributed by atoms with Gasteiger partial charge in [0.2, 0.25) is 0 Å². The van der Waals surface area contributed by atoms with Gasteiger partial charge in [-0.2, -0.15) is 0 Å². The number of benzene rings is 1. The van der Waals surface area contributed by atoms with Crippen molar-refractivity contribution in [1.29, 1.82) is 0 Å². The number of Topliss-reactive ketones (excluding diaryl/α,β-unsaturated/α-hetero) is 1. The Kier molecular flexibility index (Phi) is 7.06. The number of nitrogens with one attached hydrogen (secondary N) is 1. The lowest BCUT2D eigenvalue weighted by molar-refractivity contribution is -0.915. The fraction of sp³-hybridized carbons (Fsp3) is 0.632. The van der Waals surface area contributed by atoms with Crippen LogP contribution in [-0.2, 0) is 4.74 Å². The number of methoxy groups -OCH3 is 1. The van der Waals surface area contributed by atoms with E-state index in [9.17, 15) is 4.79 Å². The van der Waals surface area contributed by atoms with Crippen molar-refractivity contribution in [2.24, 2.45) is 0 Å². The summed E-state index contributed by atoms with van der Waals surface area (Å²) >= 11 is 0. The largest absolute Gasteiger partial charge is 0.493 e. The molecule has 134 valence electrons. The monoisotopic (exact) mass is 336 g/mol. The summed E-state index contributed by atoms with van der Waals surface area (Å²) in [5, 5.41) is 0. The van der Waals surface area contributed by atoms with Crippen LogP contribution in [0.15, 0.2) is 18.2 Å². The van der Waals surface area contributed by atoms with Crippen LogP contribution in [0.3, 0.4) is 0 Å². The number of ether oxygens (including phenoxy) is 3. The van der Waals surface area contributed by atoms with E-state index in [-0.39, 0.29) is 5.78 Å². The molecule has 1 fully saturated rings. The summed E-state index contributed by atoms with van der Waals surface area (Å²) in [7, 11) is 1.59. The molecule has 5 heteroatoms. The summed E-state index contributed by atoms with van der Waals surface area (Å²) in [5.74, 6) is 1.34. The van der Waals surface area contributed by atoms with Crippen molar-refractivity contribution < 1.29 is 23.9 Å². The predicted molar refractivity (Wildman–Crippen MR) is 93.3 cm³/mol. The maximum atomic E-state index is 11.4. The number of carbonyl (C=O) groups is 1. The van der Waals surface area contributed by atoms with Gasteiger partial charge in [0.05, 0.1) is 20.3 Å². The van der Waals surface area contributed by atoms with Crippen molar-refractivity contribution in [3.8, 4) is 11.5 Å². The minimum Gasteiger partial charge on any atom is -0.493 e. The van der Waals surface area contributed by atoms with E-state index in [0.717, 1.165) is 32.5 Å². The average Bonchev–Trinajstić information content (AvgIpc) is 2.53. The first-order valence-corrected chi connectivity index (χ1v) is 8.80. The van der Waals surface area contributed by atoms with Gasteiger partial charge >= 0.3 is 0 Å². The Morgan fingerprint density at radius 1 is 1.21 bits per heavy atom. The van der Waals surface area contributed by atoms with Gasteiger partial charge in [0.15, 0.2) is 17.3 Å². The van der Waals surface area contributed by atoms with Crippen molar-refractivity contribution in [2.75, 3.05) is 33.4 Å². The first kappa shape index (κ1) is 18.7. The maximum Gasteiger partial charge on any atom is 0.161 e. The van der Waals surface area contributed by atoms with Gasteiger partial charge in [-0.1, -0.05) is 0 Å². The molecule has 0 aromatic heterocycles. The molecule has 1 saturated heterocycles. The molecule has 2 rings (SSSR count). The van der Waals surface area contributed by atoms with Crippen LogP contribution in [0, 0.1) is 0 Å². The van der Waals surface area contributed by atoms with Crippen LogP contribution in [-0.4, -0.2) is 51.3 Å². The van der Waals surface area contributed by atoms with E-state index >= 15 is 0 Å². The van der Waals surface area contributed by atoms with E-state index in [2.05, 4.69) is 13.8 Å². The van der Waals surface area contributed by atoms with Crippen LogP contribution in [0.2, 0.25) is 0 Å². The molecule has 1 heterocycles. The highest BCUT2D eigenvalue weighted by Crippen LogP contribution is 2.28. The molecule has 1 aromatic carbocycles. The van der Waals surface area contributed by atoms with Crippen LogP contribution in [0.5, 0.6) is 11.5 Å². The molecule has 0 radical (unpaired) electrons. The fourth-order valence-corrected chi connectivity index (χ4v) is 3.26. The first-order chi connectivity index (χ1) is 11.5. The Morgan fingerprint density at radius 2 is 1.92 bits per heavy atom. The highest BCUT2D eigenvalue weighted by molar-refractivity contribution is 5.94. The molecular weight excluding hydrogens is 306 g/mol. The second kappa shape index (κ2) is 9.04. The van der Waals surface area contributed by atoms with Gasteiger partial charge < -0.3 is 19.1 Å². The second-order valence-corrected chi connectivity index (χ2v) is 6.64. The molecule has 24 heavy (non-hydrogen) atoms. The molecule has 2 atom stereocenters. The molecule has 1 aromatic rings. The lowest BCUT2D eigenvalue weighted by Gasteiger charge is -2.32. The summed E-state index contributed by atoms with van der Waals surface area (Å²) in [6, 6.07) is 5.32. The van der Waals surface area contributed by atoms with E-state index in [1.165, 1.54) is 0 Å². The van der Waals surface area contributed by atoms with Crippen LogP contribution < -0.4 is 14.4 Å². The molecule has 5 nitrogen and oxygen atoms in total. The molecule has 1 aliphatic heterocycles. The number of morpholine rings is 1. The van der Waals surface area contributed by atoms with E-state index in [1.54, 1.807) is 31.1 Å². The summed E-state index contributed by atoms with van der Waals surface area (Å²) in [4.78, 5) is 13.0. The summed E-state index contributed by atoms with van der Waals surface area (Å²) in [5.41, 5.74) is 0.637. The first-order valence-electron chi connectivity index (χ1n) is 8.80. The minimum absolute atomic E-state index is 0.0248. The Balaban J connectivity index is 1.73. The quantitative estimate of drug-likeness (QED) is 0.580. The zero-order valence-electron chi connectivity index (χ0n) is 15.3. The lowest BCUT2D eigenvalue weighted by atomic mass is 10.1. The molecule has 0 unspecified atom stereocenters. The molecule has 0 bridgehead atoms. The van der Waals surface area contributed by atoms with E-state index in [4.69, 9.17) is 14.2 Å². The van der Waals surface area contributed by atoms with Crippen molar-refractivity contribution in [2.45, 2.75) is 45.8 Å². The average molecular weight is 336 g/mol. The number of hydrogen-bond acceptors (Lipinski definition) is 4. The van der Waals surface area contributed by atoms with Crippen LogP contribution in [0.4, 0.5) is 0 Å². The Bertz CT molecular complexity index is 536. The molecule has 1 N–H and O–H groups in total. The minimum atomic E-state index is 0.0248. The van der Waals surface area contributed by atoms with Crippen molar-refractivity contribution >= 4 is 5.78 Å². The van der Waals surface area contributed by atoms with E-state index in [1.807, 2.05) is 6.07 Å². The predicted octanol–water partition coefficient (Wildman–Crippen LogP) is 1.75. The lowest BCUT2D eigenvalue weighted by Crippen LogP contribution is -3.15. The number of hydrogen-bond donors (Lipinski definition) is 1. The van der Waals surface area contributed by atoms with Gasteiger partial charge in [-0.3, -0.25) is 4.79 Å². The smallest absolute Gasteiger partial charge is 0.161 e. The van der Waals surface area contributed by atoms with Gasteiger partial charge in [0.25, 0.3) is 0 Å². The molecular formula is C19H30NO4+. The fourth-order valence-electron chi connectivity index (χ4n) is 3.26. The molecule has 1 aliphatic rings. The summed E-state index contributed by atoms with van der Waals surface area (Å²) in [6.07, 6.45) is 2.83. The highest BCUT2D eigenvalue weighted by atomic mass is 16.5. The molecule has 0 saturated carbocycles. The Hall–Kier alpha value is -1.59. The summed E-state index contributed by atoms with van der Waals surface area (Å²) < 4.78 is 16.9. The topological polar surface area (TPSA) is 49.2 Å².